The summed E-state index contributed by atoms with van der Waals surface area (Å²) < 4.78 is 37.7. The number of anilines is 1. The van der Waals surface area contributed by atoms with Gasteiger partial charge in [0.1, 0.15) is 11.5 Å². The number of hydrogen-bond donors (Lipinski definition) is 1. The van der Waals surface area contributed by atoms with E-state index in [1.165, 1.54) is 6.92 Å². The molecular weight excluding hydrogens is 295 g/mol. The van der Waals surface area contributed by atoms with Gasteiger partial charge in [-0.1, -0.05) is 6.92 Å². The van der Waals surface area contributed by atoms with E-state index in [0.29, 0.717) is 5.82 Å². The van der Waals surface area contributed by atoms with Gasteiger partial charge in [-0.05, 0) is 43.2 Å². The smallest absolute Gasteiger partial charge is 0.307 e. The van der Waals surface area contributed by atoms with E-state index >= 15 is 0 Å². The first-order valence-corrected chi connectivity index (χ1v) is 6.62. The largest absolute Gasteiger partial charge is 0.433 e. The fraction of sp³-hybridized carbons (Fsp3) is 0.267. The second-order valence-electron chi connectivity index (χ2n) is 4.68. The van der Waals surface area contributed by atoms with Gasteiger partial charge in [0.25, 0.3) is 5.91 Å². The fourth-order valence-electron chi connectivity index (χ4n) is 1.91. The molecule has 0 aliphatic carbocycles. The zero-order valence-corrected chi connectivity index (χ0v) is 12.0. The van der Waals surface area contributed by atoms with E-state index in [1.54, 1.807) is 12.3 Å². The lowest BCUT2D eigenvalue weighted by molar-refractivity contribution is -0.141. The normalized spacial score (nSPS) is 11.3. The second-order valence-corrected chi connectivity index (χ2v) is 4.68. The van der Waals surface area contributed by atoms with Gasteiger partial charge in [0.2, 0.25) is 0 Å². The number of aryl methyl sites for hydroxylation is 2. The van der Waals surface area contributed by atoms with Crippen molar-refractivity contribution in [2.45, 2.75) is 26.4 Å². The lowest BCUT2D eigenvalue weighted by Crippen LogP contribution is -2.17. The number of nitrogens with zero attached hydrogens (tertiary/aromatic N) is 2. The van der Waals surface area contributed by atoms with Crippen LogP contribution in [-0.4, -0.2) is 15.9 Å². The number of nitrogens with one attached hydrogen (secondary N) is 1. The number of pyridine rings is 2. The summed E-state index contributed by atoms with van der Waals surface area (Å²) in [5.74, 6) is -0.192. The minimum atomic E-state index is -4.53. The van der Waals surface area contributed by atoms with Crippen molar-refractivity contribution in [3.8, 4) is 0 Å². The molecule has 2 heterocycles. The number of carbonyl (C=O) groups excluding carboxylic acids is 1. The number of halogens is 3. The Morgan fingerprint density at radius 1 is 1.27 bits per heavy atom. The summed E-state index contributed by atoms with van der Waals surface area (Å²) in [4.78, 5) is 19.6. The number of amides is 1. The van der Waals surface area contributed by atoms with Gasteiger partial charge < -0.3 is 5.32 Å². The zero-order valence-electron chi connectivity index (χ0n) is 12.0. The standard InChI is InChI=1S/C15H14F3N3O/c1-3-10-6-7-19-13(8-10)21-14(22)11-4-5-12(15(16,17)18)20-9(11)2/h4-8H,3H2,1-2H3,(H,19,21,22). The van der Waals surface area contributed by atoms with E-state index in [9.17, 15) is 18.0 Å². The van der Waals surface area contributed by atoms with Crippen molar-refractivity contribution in [2.24, 2.45) is 0 Å². The maximum Gasteiger partial charge on any atom is 0.433 e. The maximum atomic E-state index is 12.6. The molecule has 1 amide bonds. The van der Waals surface area contributed by atoms with Crippen LogP contribution in [0.4, 0.5) is 19.0 Å². The SMILES string of the molecule is CCc1ccnc(NC(=O)c2ccc(C(F)(F)F)nc2C)c1. The molecule has 2 aromatic rings. The lowest BCUT2D eigenvalue weighted by Gasteiger charge is -2.10. The van der Waals surface area contributed by atoms with E-state index < -0.39 is 17.8 Å². The molecule has 0 aliphatic heterocycles. The molecule has 22 heavy (non-hydrogen) atoms. The highest BCUT2D eigenvalue weighted by atomic mass is 19.4. The first-order valence-electron chi connectivity index (χ1n) is 6.62. The Bertz CT molecular complexity index is 699. The second kappa shape index (κ2) is 6.13. The maximum absolute atomic E-state index is 12.6. The average Bonchev–Trinajstić information content (AvgIpc) is 2.46. The quantitative estimate of drug-likeness (QED) is 0.942. The van der Waals surface area contributed by atoms with Crippen LogP contribution in [0.5, 0.6) is 0 Å². The Balaban J connectivity index is 2.22. The Kier molecular flexibility index (Phi) is 4.44. The van der Waals surface area contributed by atoms with Gasteiger partial charge in [-0.3, -0.25) is 4.79 Å². The number of rotatable bonds is 3. The summed E-state index contributed by atoms with van der Waals surface area (Å²) in [6.45, 7) is 3.32. The van der Waals surface area contributed by atoms with Gasteiger partial charge in [0, 0.05) is 6.20 Å². The third-order valence-corrected chi connectivity index (χ3v) is 3.10. The number of alkyl halides is 3. The third-order valence-electron chi connectivity index (χ3n) is 3.10. The highest BCUT2D eigenvalue weighted by molar-refractivity contribution is 6.04. The predicted molar refractivity (Wildman–Crippen MR) is 75.5 cm³/mol. The summed E-state index contributed by atoms with van der Waals surface area (Å²) >= 11 is 0. The van der Waals surface area contributed by atoms with Crippen LogP contribution in [0.25, 0.3) is 0 Å². The summed E-state index contributed by atoms with van der Waals surface area (Å²) in [6.07, 6.45) is -2.19. The fourth-order valence-corrected chi connectivity index (χ4v) is 1.91. The Morgan fingerprint density at radius 3 is 2.59 bits per heavy atom. The van der Waals surface area contributed by atoms with Crippen LogP contribution in [0.3, 0.4) is 0 Å². The van der Waals surface area contributed by atoms with Gasteiger partial charge in [0.05, 0.1) is 11.3 Å². The molecule has 116 valence electrons. The molecule has 0 saturated carbocycles. The van der Waals surface area contributed by atoms with E-state index in [-0.39, 0.29) is 11.3 Å². The van der Waals surface area contributed by atoms with Crippen molar-refractivity contribution in [2.75, 3.05) is 5.32 Å². The molecule has 0 bridgehead atoms. The molecule has 0 radical (unpaired) electrons. The molecule has 0 spiro atoms. The van der Waals surface area contributed by atoms with Gasteiger partial charge in [-0.15, -0.1) is 0 Å². The minimum Gasteiger partial charge on any atom is -0.307 e. The Morgan fingerprint density at radius 2 is 2.00 bits per heavy atom. The van der Waals surface area contributed by atoms with Gasteiger partial charge in [-0.25, -0.2) is 9.97 Å². The highest BCUT2D eigenvalue weighted by Gasteiger charge is 2.33. The number of hydrogen-bond acceptors (Lipinski definition) is 3. The Labute approximate surface area is 125 Å². The van der Waals surface area contributed by atoms with Crippen molar-refractivity contribution in [3.05, 3.63) is 53.0 Å². The average molecular weight is 309 g/mol. The molecule has 0 unspecified atom stereocenters. The van der Waals surface area contributed by atoms with Crippen molar-refractivity contribution in [1.82, 2.24) is 9.97 Å². The molecule has 4 nitrogen and oxygen atoms in total. The van der Waals surface area contributed by atoms with Crippen LogP contribution in [0.1, 0.15) is 34.2 Å². The van der Waals surface area contributed by atoms with E-state index in [4.69, 9.17) is 0 Å². The summed E-state index contributed by atoms with van der Waals surface area (Å²) in [6, 6.07) is 5.44. The predicted octanol–water partition coefficient (Wildman–Crippen LogP) is 3.62. The summed E-state index contributed by atoms with van der Waals surface area (Å²) in [7, 11) is 0. The monoisotopic (exact) mass is 309 g/mol. The molecule has 1 N–H and O–H groups in total. The molecule has 0 aliphatic rings. The van der Waals surface area contributed by atoms with Crippen LogP contribution < -0.4 is 5.32 Å². The van der Waals surface area contributed by atoms with Crippen LogP contribution in [-0.2, 0) is 12.6 Å². The van der Waals surface area contributed by atoms with Crippen molar-refractivity contribution < 1.29 is 18.0 Å². The molecular formula is C15H14F3N3O. The van der Waals surface area contributed by atoms with Crippen LogP contribution in [0, 0.1) is 6.92 Å². The van der Waals surface area contributed by atoms with Crippen molar-refractivity contribution in [3.63, 3.8) is 0 Å². The van der Waals surface area contributed by atoms with Crippen LogP contribution in [0.2, 0.25) is 0 Å². The van der Waals surface area contributed by atoms with Crippen LogP contribution >= 0.6 is 0 Å². The van der Waals surface area contributed by atoms with Crippen molar-refractivity contribution in [1.29, 1.82) is 0 Å². The van der Waals surface area contributed by atoms with Gasteiger partial charge in [-0.2, -0.15) is 13.2 Å². The Hall–Kier alpha value is -2.44. The van der Waals surface area contributed by atoms with E-state index in [0.717, 1.165) is 24.1 Å². The van der Waals surface area contributed by atoms with Gasteiger partial charge in [0.15, 0.2) is 0 Å². The molecule has 0 saturated heterocycles. The molecule has 7 heteroatoms. The van der Waals surface area contributed by atoms with Gasteiger partial charge >= 0.3 is 6.18 Å². The molecule has 2 aromatic heterocycles. The lowest BCUT2D eigenvalue weighted by atomic mass is 10.1. The van der Waals surface area contributed by atoms with Crippen molar-refractivity contribution >= 4 is 11.7 Å². The van der Waals surface area contributed by atoms with E-state index in [2.05, 4.69) is 15.3 Å². The zero-order chi connectivity index (χ0) is 16.3. The molecule has 0 aromatic carbocycles. The van der Waals surface area contributed by atoms with E-state index in [1.807, 2.05) is 13.0 Å². The minimum absolute atomic E-state index is 0.0129. The topological polar surface area (TPSA) is 54.9 Å². The first kappa shape index (κ1) is 15.9. The number of aromatic nitrogens is 2. The molecule has 2 rings (SSSR count). The third kappa shape index (κ3) is 3.60. The summed E-state index contributed by atoms with van der Waals surface area (Å²) in [5.41, 5.74) is 0.0656. The van der Waals surface area contributed by atoms with Crippen LogP contribution in [0.15, 0.2) is 30.5 Å². The highest BCUT2D eigenvalue weighted by Crippen LogP contribution is 2.28. The molecule has 0 atom stereocenters. The summed E-state index contributed by atoms with van der Waals surface area (Å²) in [5, 5.41) is 2.56. The number of carbonyl (C=O) groups is 1. The first-order chi connectivity index (χ1) is 10.3. The molecule has 0 fully saturated rings.